The molecule has 9 nitrogen and oxygen atoms in total. The standard InChI is InChI=1S/C22H16FN5O4/c1-12-5-6-14(10-19(12)28(31)32)21(29)26-18-11-15(7-8-17(18)23)27-13(2)25-20-16(22(27)30)4-3-9-24-20/h3-11H,1-2H3,(H,26,29). The van der Waals surface area contributed by atoms with Crippen molar-refractivity contribution < 1.29 is 14.1 Å². The van der Waals surface area contributed by atoms with Crippen LogP contribution in [-0.4, -0.2) is 25.4 Å². The van der Waals surface area contributed by atoms with Crippen LogP contribution in [0.5, 0.6) is 0 Å². The Morgan fingerprint density at radius 2 is 1.94 bits per heavy atom. The van der Waals surface area contributed by atoms with Gasteiger partial charge in [-0.25, -0.2) is 14.4 Å². The number of hydrogen-bond donors (Lipinski definition) is 1. The number of nitrogens with one attached hydrogen (secondary N) is 1. The zero-order valence-corrected chi connectivity index (χ0v) is 17.0. The normalized spacial score (nSPS) is 10.8. The lowest BCUT2D eigenvalue weighted by Gasteiger charge is -2.13. The summed E-state index contributed by atoms with van der Waals surface area (Å²) in [5.74, 6) is -1.13. The second-order valence-corrected chi connectivity index (χ2v) is 7.05. The molecule has 4 rings (SSSR count). The minimum absolute atomic E-state index is 0.00102. The van der Waals surface area contributed by atoms with Gasteiger partial charge in [0.15, 0.2) is 5.65 Å². The van der Waals surface area contributed by atoms with Crippen molar-refractivity contribution in [1.29, 1.82) is 0 Å². The summed E-state index contributed by atoms with van der Waals surface area (Å²) in [5, 5.41) is 13.8. The monoisotopic (exact) mass is 433 g/mol. The summed E-state index contributed by atoms with van der Waals surface area (Å²) in [6.07, 6.45) is 1.53. The van der Waals surface area contributed by atoms with Gasteiger partial charge in [0.1, 0.15) is 11.6 Å². The van der Waals surface area contributed by atoms with E-state index in [4.69, 9.17) is 0 Å². The van der Waals surface area contributed by atoms with E-state index in [0.29, 0.717) is 22.4 Å². The van der Waals surface area contributed by atoms with Gasteiger partial charge in [0.05, 0.1) is 21.7 Å². The number of aryl methyl sites for hydroxylation is 2. The van der Waals surface area contributed by atoms with Crippen LogP contribution in [0, 0.1) is 29.8 Å². The van der Waals surface area contributed by atoms with Crippen LogP contribution in [0.3, 0.4) is 0 Å². The molecule has 0 spiro atoms. The van der Waals surface area contributed by atoms with Gasteiger partial charge in [0.2, 0.25) is 0 Å². The van der Waals surface area contributed by atoms with Gasteiger partial charge in [-0.3, -0.25) is 24.3 Å². The highest BCUT2D eigenvalue weighted by Gasteiger charge is 2.17. The minimum atomic E-state index is -0.732. The molecule has 0 aliphatic heterocycles. The third kappa shape index (κ3) is 3.69. The van der Waals surface area contributed by atoms with Crippen molar-refractivity contribution in [3.8, 4) is 5.69 Å². The number of carbonyl (C=O) groups is 1. The van der Waals surface area contributed by atoms with Crippen LogP contribution in [0.4, 0.5) is 15.8 Å². The Hall–Kier alpha value is -4.47. The van der Waals surface area contributed by atoms with Crippen molar-refractivity contribution in [3.63, 3.8) is 0 Å². The van der Waals surface area contributed by atoms with Crippen molar-refractivity contribution in [2.24, 2.45) is 0 Å². The van der Waals surface area contributed by atoms with Crippen LogP contribution in [0.15, 0.2) is 59.5 Å². The average molecular weight is 433 g/mol. The number of pyridine rings is 1. The maximum absolute atomic E-state index is 14.5. The lowest BCUT2D eigenvalue weighted by Crippen LogP contribution is -2.23. The van der Waals surface area contributed by atoms with Crippen LogP contribution in [0.1, 0.15) is 21.7 Å². The molecule has 0 aliphatic carbocycles. The summed E-state index contributed by atoms with van der Waals surface area (Å²) in [7, 11) is 0. The molecule has 32 heavy (non-hydrogen) atoms. The Kier molecular flexibility index (Phi) is 5.19. The third-order valence-electron chi connectivity index (χ3n) is 4.94. The summed E-state index contributed by atoms with van der Waals surface area (Å²) in [5.41, 5.74) is 0.184. The molecule has 0 aliphatic rings. The fourth-order valence-electron chi connectivity index (χ4n) is 3.32. The smallest absolute Gasteiger partial charge is 0.273 e. The van der Waals surface area contributed by atoms with Crippen LogP contribution in [0.25, 0.3) is 16.7 Å². The minimum Gasteiger partial charge on any atom is -0.319 e. The zero-order valence-electron chi connectivity index (χ0n) is 17.0. The number of nitro benzene ring substituents is 1. The van der Waals surface area contributed by atoms with E-state index >= 15 is 0 Å². The third-order valence-corrected chi connectivity index (χ3v) is 4.94. The Morgan fingerprint density at radius 3 is 2.69 bits per heavy atom. The lowest BCUT2D eigenvalue weighted by atomic mass is 10.1. The molecular formula is C22H16FN5O4. The van der Waals surface area contributed by atoms with E-state index in [2.05, 4.69) is 15.3 Å². The van der Waals surface area contributed by atoms with Crippen LogP contribution in [-0.2, 0) is 0 Å². The van der Waals surface area contributed by atoms with E-state index in [0.717, 1.165) is 12.1 Å². The molecule has 0 unspecified atom stereocenters. The van der Waals surface area contributed by atoms with Gasteiger partial charge in [-0.1, -0.05) is 6.07 Å². The summed E-state index contributed by atoms with van der Waals surface area (Å²) in [4.78, 5) is 44.5. The number of halogens is 1. The second kappa shape index (κ2) is 7.99. The van der Waals surface area contributed by atoms with Gasteiger partial charge in [-0.15, -0.1) is 0 Å². The molecule has 0 saturated heterocycles. The number of fused-ring (bicyclic) bond motifs is 1. The molecule has 10 heteroatoms. The first kappa shape index (κ1) is 20.8. The molecule has 160 valence electrons. The maximum Gasteiger partial charge on any atom is 0.273 e. The summed E-state index contributed by atoms with van der Waals surface area (Å²) >= 11 is 0. The van der Waals surface area contributed by atoms with Crippen molar-refractivity contribution in [3.05, 3.63) is 98.0 Å². The topological polar surface area (TPSA) is 120 Å². The number of carbonyl (C=O) groups excluding carboxylic acids is 1. The summed E-state index contributed by atoms with van der Waals surface area (Å²) in [6, 6.07) is 11.0. The van der Waals surface area contributed by atoms with Gasteiger partial charge in [0.25, 0.3) is 17.2 Å². The second-order valence-electron chi connectivity index (χ2n) is 7.05. The quantitative estimate of drug-likeness (QED) is 0.387. The predicted molar refractivity (Wildman–Crippen MR) is 116 cm³/mol. The summed E-state index contributed by atoms with van der Waals surface area (Å²) < 4.78 is 15.7. The van der Waals surface area contributed by atoms with Crippen molar-refractivity contribution in [1.82, 2.24) is 14.5 Å². The van der Waals surface area contributed by atoms with Crippen LogP contribution >= 0.6 is 0 Å². The molecule has 0 radical (unpaired) electrons. The highest BCUT2D eigenvalue weighted by molar-refractivity contribution is 6.05. The molecule has 2 aromatic carbocycles. The molecule has 1 N–H and O–H groups in total. The number of nitro groups is 1. The van der Waals surface area contributed by atoms with E-state index in [1.807, 2.05) is 0 Å². The predicted octanol–water partition coefficient (Wildman–Crippen LogP) is 3.70. The van der Waals surface area contributed by atoms with Crippen molar-refractivity contribution >= 4 is 28.3 Å². The Labute approximate surface area is 180 Å². The van der Waals surface area contributed by atoms with E-state index < -0.39 is 22.2 Å². The van der Waals surface area contributed by atoms with Crippen molar-refractivity contribution in [2.45, 2.75) is 13.8 Å². The van der Waals surface area contributed by atoms with Gasteiger partial charge >= 0.3 is 0 Å². The van der Waals surface area contributed by atoms with Crippen molar-refractivity contribution in [2.75, 3.05) is 5.32 Å². The first-order chi connectivity index (χ1) is 15.3. The number of benzene rings is 2. The van der Waals surface area contributed by atoms with E-state index in [9.17, 15) is 24.1 Å². The van der Waals surface area contributed by atoms with Crippen LogP contribution in [0.2, 0.25) is 0 Å². The molecular weight excluding hydrogens is 417 g/mol. The van der Waals surface area contributed by atoms with Crippen LogP contribution < -0.4 is 10.9 Å². The average Bonchev–Trinajstić information content (AvgIpc) is 2.76. The fraction of sp³-hybridized carbons (Fsp3) is 0.0909. The Morgan fingerprint density at radius 1 is 1.16 bits per heavy atom. The van der Waals surface area contributed by atoms with E-state index in [1.54, 1.807) is 26.0 Å². The highest BCUT2D eigenvalue weighted by Crippen LogP contribution is 2.23. The molecule has 4 aromatic rings. The fourth-order valence-corrected chi connectivity index (χ4v) is 3.32. The van der Waals surface area contributed by atoms with Gasteiger partial charge in [0, 0.05) is 23.4 Å². The molecule has 0 fully saturated rings. The number of hydrogen-bond acceptors (Lipinski definition) is 6. The maximum atomic E-state index is 14.5. The molecule has 0 bridgehead atoms. The number of aromatic nitrogens is 3. The Balaban J connectivity index is 1.74. The number of nitrogens with zero attached hydrogens (tertiary/aromatic N) is 4. The SMILES string of the molecule is Cc1ccc(C(=O)Nc2cc(-n3c(C)nc4ncccc4c3=O)ccc2F)cc1[N+](=O)[O-]. The Bertz CT molecular complexity index is 1460. The lowest BCUT2D eigenvalue weighted by molar-refractivity contribution is -0.385. The first-order valence-electron chi connectivity index (χ1n) is 9.47. The van der Waals surface area contributed by atoms with Gasteiger partial charge in [-0.2, -0.15) is 0 Å². The molecule has 2 aromatic heterocycles. The molecule has 2 heterocycles. The van der Waals surface area contributed by atoms with E-state index in [1.165, 1.54) is 35.0 Å². The zero-order chi connectivity index (χ0) is 23.0. The largest absolute Gasteiger partial charge is 0.319 e. The van der Waals surface area contributed by atoms with E-state index in [-0.39, 0.29) is 22.6 Å². The number of amides is 1. The molecule has 0 atom stereocenters. The summed E-state index contributed by atoms with van der Waals surface area (Å²) in [6.45, 7) is 3.17. The molecule has 0 saturated carbocycles. The molecule has 1 amide bonds. The number of rotatable bonds is 4. The highest BCUT2D eigenvalue weighted by atomic mass is 19.1. The number of anilines is 1. The first-order valence-corrected chi connectivity index (χ1v) is 9.47. The van der Waals surface area contributed by atoms with Gasteiger partial charge in [-0.05, 0) is 50.2 Å². The van der Waals surface area contributed by atoms with Gasteiger partial charge < -0.3 is 5.32 Å².